The number of fused-ring (bicyclic) bond motifs is 2. The number of ether oxygens (including phenoxy) is 1. The Hall–Kier alpha value is -1.38. The molecular weight excluding hydrogens is 192 g/mol. The average molecular weight is 204 g/mol. The summed E-state index contributed by atoms with van der Waals surface area (Å²) >= 11 is 0. The molecule has 3 rings (SSSR count). The lowest BCUT2D eigenvalue weighted by molar-refractivity contribution is -0.123. The van der Waals surface area contributed by atoms with E-state index >= 15 is 0 Å². The van der Waals surface area contributed by atoms with Gasteiger partial charge in [-0.05, 0) is 24.8 Å². The van der Waals surface area contributed by atoms with Crippen molar-refractivity contribution in [3.63, 3.8) is 0 Å². The van der Waals surface area contributed by atoms with Crippen molar-refractivity contribution in [3.8, 4) is 0 Å². The van der Waals surface area contributed by atoms with Crippen LogP contribution in [-0.2, 0) is 14.3 Å². The Morgan fingerprint density at radius 1 is 1.33 bits per heavy atom. The van der Waals surface area contributed by atoms with Crippen molar-refractivity contribution in [1.82, 2.24) is 0 Å². The van der Waals surface area contributed by atoms with E-state index in [0.29, 0.717) is 12.2 Å². The summed E-state index contributed by atoms with van der Waals surface area (Å²) in [5.74, 6) is 0.613. The van der Waals surface area contributed by atoms with Crippen LogP contribution in [0.1, 0.15) is 19.3 Å². The lowest BCUT2D eigenvalue weighted by Gasteiger charge is -2.10. The molecule has 3 aliphatic carbocycles. The molecule has 0 bridgehead atoms. The Morgan fingerprint density at radius 3 is 2.87 bits per heavy atom. The van der Waals surface area contributed by atoms with E-state index in [1.165, 1.54) is 12.7 Å². The molecule has 3 aliphatic rings. The molecule has 3 nitrogen and oxygen atoms in total. The Morgan fingerprint density at radius 2 is 2.13 bits per heavy atom. The van der Waals surface area contributed by atoms with E-state index in [1.54, 1.807) is 0 Å². The van der Waals surface area contributed by atoms with Crippen LogP contribution in [-0.4, -0.2) is 18.7 Å². The Kier molecular flexibility index (Phi) is 1.67. The van der Waals surface area contributed by atoms with Gasteiger partial charge in [0, 0.05) is 12.0 Å². The van der Waals surface area contributed by atoms with Gasteiger partial charge in [-0.15, -0.1) is 0 Å². The number of methoxy groups -OCH3 is 1. The first-order valence-electron chi connectivity index (χ1n) is 5.27. The molecule has 0 aromatic heterocycles. The van der Waals surface area contributed by atoms with E-state index in [0.717, 1.165) is 18.4 Å². The zero-order valence-corrected chi connectivity index (χ0v) is 8.58. The zero-order valence-electron chi connectivity index (χ0n) is 8.58. The highest BCUT2D eigenvalue weighted by Crippen LogP contribution is 2.49. The van der Waals surface area contributed by atoms with Gasteiger partial charge in [-0.25, -0.2) is 0 Å². The molecule has 0 fully saturated rings. The van der Waals surface area contributed by atoms with E-state index in [1.807, 2.05) is 6.08 Å². The van der Waals surface area contributed by atoms with Crippen molar-refractivity contribution in [2.45, 2.75) is 19.3 Å². The summed E-state index contributed by atoms with van der Waals surface area (Å²) in [5, 5.41) is 0. The molecule has 3 heteroatoms. The number of allylic oxidation sites excluding steroid dienone is 4. The molecule has 0 aliphatic heterocycles. The monoisotopic (exact) mass is 204 g/mol. The van der Waals surface area contributed by atoms with Gasteiger partial charge in [0.2, 0.25) is 5.78 Å². The summed E-state index contributed by atoms with van der Waals surface area (Å²) in [5.41, 5.74) is 2.03. The van der Waals surface area contributed by atoms with Crippen LogP contribution < -0.4 is 0 Å². The predicted octanol–water partition coefficient (Wildman–Crippen LogP) is 1.40. The molecule has 0 radical (unpaired) electrons. The van der Waals surface area contributed by atoms with Crippen molar-refractivity contribution < 1.29 is 14.3 Å². The number of ketones is 2. The van der Waals surface area contributed by atoms with Gasteiger partial charge < -0.3 is 4.74 Å². The Labute approximate surface area is 87.8 Å². The minimum atomic E-state index is -0.204. The standard InChI is InChI=1S/C12H12O3/c1-15-9-5-7-4-6-2-3-8(13)10(6)11(7)12(9)14/h5,7,11H,2-4H2,1H3. The Balaban J connectivity index is 1.99. The van der Waals surface area contributed by atoms with Gasteiger partial charge in [-0.2, -0.15) is 0 Å². The second kappa shape index (κ2) is 2.81. The highest BCUT2D eigenvalue weighted by atomic mass is 16.5. The molecule has 15 heavy (non-hydrogen) atoms. The number of hydrogen-bond acceptors (Lipinski definition) is 3. The zero-order chi connectivity index (χ0) is 10.6. The third kappa shape index (κ3) is 1.01. The van der Waals surface area contributed by atoms with Crippen LogP contribution in [0.15, 0.2) is 23.0 Å². The second-order valence-corrected chi connectivity index (χ2v) is 4.39. The van der Waals surface area contributed by atoms with Crippen LogP contribution in [0.2, 0.25) is 0 Å². The van der Waals surface area contributed by atoms with Gasteiger partial charge in [0.15, 0.2) is 11.5 Å². The highest BCUT2D eigenvalue weighted by molar-refractivity contribution is 6.10. The lowest BCUT2D eigenvalue weighted by Crippen LogP contribution is -2.19. The minimum Gasteiger partial charge on any atom is -0.493 e. The van der Waals surface area contributed by atoms with Crippen molar-refractivity contribution in [2.75, 3.05) is 7.11 Å². The maximum atomic E-state index is 11.9. The van der Waals surface area contributed by atoms with E-state index in [9.17, 15) is 9.59 Å². The van der Waals surface area contributed by atoms with Crippen LogP contribution in [0, 0.1) is 11.8 Å². The molecule has 0 aromatic rings. The maximum Gasteiger partial charge on any atom is 0.205 e. The molecule has 2 atom stereocenters. The number of Topliss-reactive ketones (excluding diaryl/α,β-unsaturated/α-hetero) is 2. The molecule has 0 saturated carbocycles. The molecule has 0 amide bonds. The number of carbonyl (C=O) groups is 2. The second-order valence-electron chi connectivity index (χ2n) is 4.39. The SMILES string of the molecule is COC1=CC2CC3=C(C(=O)CC3)C2C1=O. The van der Waals surface area contributed by atoms with Gasteiger partial charge in [0.25, 0.3) is 0 Å². The van der Waals surface area contributed by atoms with E-state index < -0.39 is 0 Å². The summed E-state index contributed by atoms with van der Waals surface area (Å²) in [6, 6.07) is 0. The normalized spacial score (nSPS) is 33.3. The van der Waals surface area contributed by atoms with E-state index in [4.69, 9.17) is 4.74 Å². The fourth-order valence-electron chi connectivity index (χ4n) is 3.03. The van der Waals surface area contributed by atoms with E-state index in [-0.39, 0.29) is 23.4 Å². The number of carbonyl (C=O) groups excluding carboxylic acids is 2. The minimum absolute atomic E-state index is 0.00255. The molecule has 0 heterocycles. The molecule has 2 unspecified atom stereocenters. The predicted molar refractivity (Wildman–Crippen MR) is 53.0 cm³/mol. The summed E-state index contributed by atoms with van der Waals surface area (Å²) in [6.07, 6.45) is 4.23. The summed E-state index contributed by atoms with van der Waals surface area (Å²) < 4.78 is 5.02. The summed E-state index contributed by atoms with van der Waals surface area (Å²) in [7, 11) is 1.51. The Bertz CT molecular complexity index is 428. The summed E-state index contributed by atoms with van der Waals surface area (Å²) in [6.45, 7) is 0. The van der Waals surface area contributed by atoms with Crippen LogP contribution in [0.4, 0.5) is 0 Å². The lowest BCUT2D eigenvalue weighted by atomic mass is 9.90. The van der Waals surface area contributed by atoms with E-state index in [2.05, 4.69) is 0 Å². The molecule has 78 valence electrons. The van der Waals surface area contributed by atoms with Crippen LogP contribution in [0.5, 0.6) is 0 Å². The topological polar surface area (TPSA) is 43.4 Å². The third-order valence-corrected chi connectivity index (χ3v) is 3.67. The van der Waals surface area contributed by atoms with Gasteiger partial charge in [0.1, 0.15) is 0 Å². The average Bonchev–Trinajstić information content (AvgIpc) is 2.81. The smallest absolute Gasteiger partial charge is 0.205 e. The first-order chi connectivity index (χ1) is 7.22. The molecule has 0 N–H and O–H groups in total. The van der Waals surface area contributed by atoms with Gasteiger partial charge in [-0.3, -0.25) is 9.59 Å². The molecule has 0 aromatic carbocycles. The maximum absolute atomic E-state index is 11.9. The quantitative estimate of drug-likeness (QED) is 0.648. The fraction of sp³-hybridized carbons (Fsp3) is 0.500. The summed E-state index contributed by atoms with van der Waals surface area (Å²) in [4.78, 5) is 23.6. The van der Waals surface area contributed by atoms with Crippen molar-refractivity contribution in [3.05, 3.63) is 23.0 Å². The largest absolute Gasteiger partial charge is 0.493 e. The molecular formula is C12H12O3. The van der Waals surface area contributed by atoms with Gasteiger partial charge >= 0.3 is 0 Å². The highest BCUT2D eigenvalue weighted by Gasteiger charge is 2.48. The molecule has 0 spiro atoms. The number of rotatable bonds is 1. The van der Waals surface area contributed by atoms with Crippen molar-refractivity contribution in [1.29, 1.82) is 0 Å². The molecule has 0 saturated heterocycles. The van der Waals surface area contributed by atoms with Crippen LogP contribution in [0.3, 0.4) is 0 Å². The van der Waals surface area contributed by atoms with Crippen LogP contribution in [0.25, 0.3) is 0 Å². The first-order valence-corrected chi connectivity index (χ1v) is 5.27. The third-order valence-electron chi connectivity index (χ3n) is 3.67. The van der Waals surface area contributed by atoms with Gasteiger partial charge in [0.05, 0.1) is 13.0 Å². The van der Waals surface area contributed by atoms with Gasteiger partial charge in [-0.1, -0.05) is 5.57 Å². The van der Waals surface area contributed by atoms with Crippen LogP contribution >= 0.6 is 0 Å². The number of hydrogen-bond donors (Lipinski definition) is 0. The first kappa shape index (κ1) is 8.89. The van der Waals surface area contributed by atoms with Crippen molar-refractivity contribution >= 4 is 11.6 Å². The van der Waals surface area contributed by atoms with Crippen molar-refractivity contribution in [2.24, 2.45) is 11.8 Å². The fourth-order valence-corrected chi connectivity index (χ4v) is 3.03.